The Morgan fingerprint density at radius 2 is 2.21 bits per heavy atom. The van der Waals surface area contributed by atoms with E-state index in [2.05, 4.69) is 4.98 Å². The number of aromatic nitrogens is 1. The fraction of sp³-hybridized carbons (Fsp3) is 0.455. The molecule has 2 aromatic rings. The molecule has 6 nitrogen and oxygen atoms in total. The van der Waals surface area contributed by atoms with Crippen molar-refractivity contribution in [3.63, 3.8) is 0 Å². The van der Waals surface area contributed by atoms with Crippen LogP contribution in [0.25, 0.3) is 11.1 Å². The molecule has 7 heteroatoms. The third kappa shape index (κ3) is 2.95. The molecule has 1 spiro atoms. The predicted octanol–water partition coefficient (Wildman–Crippen LogP) is 3.39. The van der Waals surface area contributed by atoms with Crippen LogP contribution in [-0.2, 0) is 15.0 Å². The average Bonchev–Trinajstić information content (AvgIpc) is 3.12. The number of hydrogen-bond acceptors (Lipinski definition) is 6. The summed E-state index contributed by atoms with van der Waals surface area (Å²) in [6.07, 6.45) is 4.31. The second-order valence-electron chi connectivity index (χ2n) is 7.87. The van der Waals surface area contributed by atoms with Crippen LogP contribution in [0.4, 0.5) is 4.39 Å². The maximum Gasteiger partial charge on any atom is 0.283 e. The number of rotatable bonds is 3. The topological polar surface area (TPSA) is 79.0 Å². The van der Waals surface area contributed by atoms with Crippen molar-refractivity contribution in [1.29, 1.82) is 0 Å². The third-order valence-electron chi connectivity index (χ3n) is 6.30. The predicted molar refractivity (Wildman–Crippen MR) is 106 cm³/mol. The van der Waals surface area contributed by atoms with Crippen LogP contribution in [0.2, 0.25) is 0 Å². The smallest absolute Gasteiger partial charge is 0.283 e. The van der Waals surface area contributed by atoms with E-state index in [-0.39, 0.29) is 24.1 Å². The van der Waals surface area contributed by atoms with Crippen LogP contribution in [-0.4, -0.2) is 36.4 Å². The number of ether oxygens (including phenoxy) is 3. The highest BCUT2D eigenvalue weighted by atomic mass is 19.1. The fourth-order valence-electron chi connectivity index (χ4n) is 5.01. The van der Waals surface area contributed by atoms with Crippen LogP contribution in [0, 0.1) is 11.9 Å². The van der Waals surface area contributed by atoms with Gasteiger partial charge in [-0.05, 0) is 56.0 Å². The van der Waals surface area contributed by atoms with E-state index in [0.717, 1.165) is 36.1 Å². The Morgan fingerprint density at radius 1 is 1.31 bits per heavy atom. The molecule has 0 bridgehead atoms. The minimum Gasteiger partial charge on any atom is -0.490 e. The molecule has 0 amide bonds. The zero-order valence-corrected chi connectivity index (χ0v) is 16.3. The SMILES string of the molecule is CCO[C@H]1CC[C@@H]2Oc3ccc(-c4cccnc4F)cc3C3(COC(N)=N3)C2C1. The minimum absolute atomic E-state index is 0.0263. The summed E-state index contributed by atoms with van der Waals surface area (Å²) in [5, 5.41) is 0. The van der Waals surface area contributed by atoms with Gasteiger partial charge in [-0.1, -0.05) is 6.07 Å². The van der Waals surface area contributed by atoms with E-state index in [4.69, 9.17) is 24.9 Å². The Kier molecular flexibility index (Phi) is 4.42. The lowest BCUT2D eigenvalue weighted by atomic mass is 9.67. The van der Waals surface area contributed by atoms with Crippen molar-refractivity contribution in [1.82, 2.24) is 4.98 Å². The molecule has 1 fully saturated rings. The van der Waals surface area contributed by atoms with Crippen molar-refractivity contribution in [3.8, 4) is 16.9 Å². The zero-order valence-electron chi connectivity index (χ0n) is 16.3. The normalized spacial score (nSPS) is 30.1. The van der Waals surface area contributed by atoms with Crippen molar-refractivity contribution in [2.45, 2.75) is 43.9 Å². The molecule has 3 aliphatic rings. The van der Waals surface area contributed by atoms with Gasteiger partial charge >= 0.3 is 0 Å². The highest BCUT2D eigenvalue weighted by Gasteiger charge is 2.55. The average molecular weight is 397 g/mol. The fourth-order valence-corrected chi connectivity index (χ4v) is 5.01. The highest BCUT2D eigenvalue weighted by Crippen LogP contribution is 2.53. The van der Waals surface area contributed by atoms with Gasteiger partial charge in [-0.2, -0.15) is 4.39 Å². The van der Waals surface area contributed by atoms with E-state index in [1.54, 1.807) is 12.1 Å². The molecule has 0 saturated heterocycles. The highest BCUT2D eigenvalue weighted by molar-refractivity contribution is 5.75. The number of aliphatic imine (C=N–C) groups is 1. The van der Waals surface area contributed by atoms with Crippen molar-refractivity contribution < 1.29 is 18.6 Å². The summed E-state index contributed by atoms with van der Waals surface area (Å²) in [5.41, 5.74) is 7.39. The summed E-state index contributed by atoms with van der Waals surface area (Å²) >= 11 is 0. The number of halogens is 1. The molecule has 2 aliphatic heterocycles. The lowest BCUT2D eigenvalue weighted by Crippen LogP contribution is -2.52. The lowest BCUT2D eigenvalue weighted by Gasteiger charge is -2.47. The van der Waals surface area contributed by atoms with E-state index >= 15 is 0 Å². The van der Waals surface area contributed by atoms with Gasteiger partial charge in [0.2, 0.25) is 5.95 Å². The molecular formula is C22H24FN3O3. The van der Waals surface area contributed by atoms with Crippen molar-refractivity contribution in [2.75, 3.05) is 13.2 Å². The molecule has 2 unspecified atom stereocenters. The number of pyridine rings is 1. The maximum absolute atomic E-state index is 14.3. The summed E-state index contributed by atoms with van der Waals surface area (Å²) < 4.78 is 32.3. The van der Waals surface area contributed by atoms with E-state index in [9.17, 15) is 4.39 Å². The summed E-state index contributed by atoms with van der Waals surface area (Å²) in [5.74, 6) is 0.336. The second-order valence-corrected chi connectivity index (χ2v) is 7.87. The van der Waals surface area contributed by atoms with Gasteiger partial charge in [-0.25, -0.2) is 9.98 Å². The maximum atomic E-state index is 14.3. The Balaban J connectivity index is 1.62. The van der Waals surface area contributed by atoms with E-state index in [0.29, 0.717) is 18.8 Å². The number of hydrogen-bond donors (Lipinski definition) is 1. The standard InChI is InChI=1S/C22H24FN3O3/c1-2-27-14-6-8-19-17(11-14)22(12-28-21(24)26-22)16-10-13(5-7-18(16)29-19)15-4-3-9-25-20(15)23/h3-5,7,9-10,14,17,19H,2,6,8,11-12H2,1H3,(H2,24,26)/t14-,17?,19-,22?/m0/s1. The van der Waals surface area contributed by atoms with Gasteiger partial charge in [0, 0.05) is 29.8 Å². The lowest BCUT2D eigenvalue weighted by molar-refractivity contribution is -0.0595. The van der Waals surface area contributed by atoms with Crippen LogP contribution in [0.3, 0.4) is 0 Å². The number of benzene rings is 1. The van der Waals surface area contributed by atoms with Gasteiger partial charge in [0.05, 0.1) is 6.10 Å². The number of nitrogens with two attached hydrogens (primary N) is 1. The molecule has 1 aromatic heterocycles. The number of fused-ring (bicyclic) bond motifs is 4. The van der Waals surface area contributed by atoms with E-state index in [1.165, 1.54) is 6.20 Å². The summed E-state index contributed by atoms with van der Waals surface area (Å²) in [7, 11) is 0. The van der Waals surface area contributed by atoms with Crippen molar-refractivity contribution in [3.05, 3.63) is 48.0 Å². The Bertz CT molecular complexity index is 966. The minimum atomic E-state index is -0.646. The molecule has 1 saturated carbocycles. The zero-order chi connectivity index (χ0) is 20.0. The first-order chi connectivity index (χ1) is 14.1. The van der Waals surface area contributed by atoms with E-state index < -0.39 is 11.5 Å². The van der Waals surface area contributed by atoms with Gasteiger partial charge < -0.3 is 19.9 Å². The monoisotopic (exact) mass is 397 g/mol. The summed E-state index contributed by atoms with van der Waals surface area (Å²) in [4.78, 5) is 8.56. The second kappa shape index (κ2) is 6.99. The molecule has 29 heavy (non-hydrogen) atoms. The Hall–Kier alpha value is -2.67. The van der Waals surface area contributed by atoms with E-state index in [1.807, 2.05) is 25.1 Å². The number of amidine groups is 1. The van der Waals surface area contributed by atoms with Gasteiger partial charge in [-0.15, -0.1) is 0 Å². The molecule has 2 N–H and O–H groups in total. The quantitative estimate of drug-likeness (QED) is 0.803. The summed E-state index contributed by atoms with van der Waals surface area (Å²) in [6.45, 7) is 3.05. The molecule has 3 heterocycles. The molecule has 1 aromatic carbocycles. The number of nitrogens with zero attached hydrogens (tertiary/aromatic N) is 2. The van der Waals surface area contributed by atoms with Crippen LogP contribution in [0.5, 0.6) is 5.75 Å². The first-order valence-electron chi connectivity index (χ1n) is 10.1. The molecular weight excluding hydrogens is 373 g/mol. The van der Waals surface area contributed by atoms with Gasteiger partial charge in [-0.3, -0.25) is 0 Å². The van der Waals surface area contributed by atoms with Gasteiger partial charge in [0.15, 0.2) is 0 Å². The Morgan fingerprint density at radius 3 is 2.97 bits per heavy atom. The molecule has 0 radical (unpaired) electrons. The Labute approximate surface area is 168 Å². The van der Waals surface area contributed by atoms with Crippen LogP contribution >= 0.6 is 0 Å². The van der Waals surface area contributed by atoms with Crippen molar-refractivity contribution in [2.24, 2.45) is 16.6 Å². The third-order valence-corrected chi connectivity index (χ3v) is 6.30. The first-order valence-corrected chi connectivity index (χ1v) is 10.1. The van der Waals surface area contributed by atoms with Crippen LogP contribution < -0.4 is 10.5 Å². The summed E-state index contributed by atoms with van der Waals surface area (Å²) in [6, 6.07) is 9.34. The molecule has 1 aliphatic carbocycles. The molecule has 152 valence electrons. The van der Waals surface area contributed by atoms with Crippen LogP contribution in [0.15, 0.2) is 41.5 Å². The largest absolute Gasteiger partial charge is 0.490 e. The van der Waals surface area contributed by atoms with Crippen LogP contribution in [0.1, 0.15) is 31.7 Å². The molecule has 4 atom stereocenters. The van der Waals surface area contributed by atoms with Gasteiger partial charge in [0.25, 0.3) is 6.02 Å². The van der Waals surface area contributed by atoms with Crippen molar-refractivity contribution >= 4 is 6.02 Å². The first kappa shape index (κ1) is 18.4. The molecule has 5 rings (SSSR count). The van der Waals surface area contributed by atoms with Gasteiger partial charge in [0.1, 0.15) is 24.0 Å².